The zero-order valence-electron chi connectivity index (χ0n) is 19.3. The van der Waals surface area contributed by atoms with Crippen LogP contribution in [0.5, 0.6) is 0 Å². The topological polar surface area (TPSA) is 57.7 Å². The Morgan fingerprint density at radius 3 is 2.50 bits per heavy atom. The fourth-order valence-corrected chi connectivity index (χ4v) is 3.99. The Morgan fingerprint density at radius 1 is 1.12 bits per heavy atom. The molecule has 0 radical (unpaired) electrons. The third-order valence-electron chi connectivity index (χ3n) is 5.85. The van der Waals surface area contributed by atoms with E-state index in [0.29, 0.717) is 12.1 Å². The first-order chi connectivity index (χ1) is 15.0. The van der Waals surface area contributed by atoms with E-state index in [2.05, 4.69) is 54.1 Å². The molecule has 1 unspecified atom stereocenters. The minimum absolute atomic E-state index is 0. The molecule has 1 heterocycles. The van der Waals surface area contributed by atoms with Gasteiger partial charge in [0.1, 0.15) is 5.82 Å². The van der Waals surface area contributed by atoms with Gasteiger partial charge in [0.2, 0.25) is 0 Å². The minimum Gasteiger partial charge on any atom is -0.381 e. The largest absolute Gasteiger partial charge is 0.381 e. The van der Waals surface area contributed by atoms with Crippen LogP contribution in [0.25, 0.3) is 0 Å². The molecular formula is C25H36FIN4O. The number of rotatable bonds is 8. The van der Waals surface area contributed by atoms with Gasteiger partial charge >= 0.3 is 0 Å². The third kappa shape index (κ3) is 7.71. The van der Waals surface area contributed by atoms with Crippen LogP contribution in [0, 0.1) is 12.7 Å². The molecule has 0 bridgehead atoms. The maximum atomic E-state index is 13.5. The normalized spacial score (nSPS) is 16.7. The molecule has 0 aliphatic carbocycles. The number of nitrogens with zero attached hydrogens (tertiary/aromatic N) is 1. The second kappa shape index (κ2) is 13.1. The van der Waals surface area contributed by atoms with Crippen molar-refractivity contribution in [3.8, 4) is 0 Å². The van der Waals surface area contributed by atoms with Crippen LogP contribution in [0.4, 0.5) is 4.39 Å². The van der Waals surface area contributed by atoms with Gasteiger partial charge in [0.25, 0.3) is 0 Å². The molecule has 1 atom stereocenters. The number of benzene rings is 2. The predicted molar refractivity (Wildman–Crippen MR) is 140 cm³/mol. The van der Waals surface area contributed by atoms with Crippen molar-refractivity contribution >= 4 is 29.9 Å². The highest BCUT2D eigenvalue weighted by Gasteiger charge is 2.34. The number of guanidine groups is 1. The number of ether oxygens (including phenoxy) is 1. The van der Waals surface area contributed by atoms with E-state index in [9.17, 15) is 4.39 Å². The standard InChI is InChI=1S/C25H35FN4O.HI/c1-4-27-24(28-17-21-10-11-23(26)19(2)16-21)29-18-25(12-14-31-15-13-25)30-20(3)22-8-6-5-7-9-22;/h5-11,16,20,30H,4,12-15,17-18H2,1-3H3,(H2,27,28,29);1H. The SMILES string of the molecule is CCNC(=NCc1ccc(F)c(C)c1)NCC1(NC(C)c2ccccc2)CCOCC1.I. The summed E-state index contributed by atoms with van der Waals surface area (Å²) in [5.41, 5.74) is 2.84. The molecule has 7 heteroatoms. The molecule has 1 aliphatic heterocycles. The smallest absolute Gasteiger partial charge is 0.191 e. The van der Waals surface area contributed by atoms with E-state index < -0.39 is 0 Å². The van der Waals surface area contributed by atoms with Gasteiger partial charge < -0.3 is 20.7 Å². The van der Waals surface area contributed by atoms with E-state index in [0.717, 1.165) is 50.7 Å². The molecule has 0 aromatic heterocycles. The Labute approximate surface area is 208 Å². The summed E-state index contributed by atoms with van der Waals surface area (Å²) in [5, 5.41) is 10.7. The molecule has 1 saturated heterocycles. The van der Waals surface area contributed by atoms with Gasteiger partial charge in [-0.2, -0.15) is 0 Å². The summed E-state index contributed by atoms with van der Waals surface area (Å²) in [6.07, 6.45) is 1.88. The zero-order valence-corrected chi connectivity index (χ0v) is 21.6. The number of halogens is 2. The van der Waals surface area contributed by atoms with Crippen molar-refractivity contribution in [2.24, 2.45) is 4.99 Å². The Balaban J connectivity index is 0.00000363. The van der Waals surface area contributed by atoms with Crippen molar-refractivity contribution in [3.63, 3.8) is 0 Å². The summed E-state index contributed by atoms with van der Waals surface area (Å²) in [5.74, 6) is 0.585. The minimum atomic E-state index is -0.183. The third-order valence-corrected chi connectivity index (χ3v) is 5.85. The lowest BCUT2D eigenvalue weighted by atomic mass is 9.88. The van der Waals surface area contributed by atoms with Crippen LogP contribution in [0.1, 0.15) is 49.4 Å². The molecule has 0 saturated carbocycles. The first kappa shape index (κ1) is 26.5. The second-order valence-corrected chi connectivity index (χ2v) is 8.30. The van der Waals surface area contributed by atoms with Gasteiger partial charge in [-0.05, 0) is 56.4 Å². The Kier molecular flexibility index (Phi) is 10.9. The van der Waals surface area contributed by atoms with E-state index in [1.54, 1.807) is 13.0 Å². The highest BCUT2D eigenvalue weighted by atomic mass is 127. The molecule has 3 rings (SSSR count). The summed E-state index contributed by atoms with van der Waals surface area (Å²) in [6, 6.07) is 15.9. The van der Waals surface area contributed by atoms with Crippen molar-refractivity contribution in [1.82, 2.24) is 16.0 Å². The molecular weight excluding hydrogens is 518 g/mol. The van der Waals surface area contributed by atoms with Crippen LogP contribution in [0.15, 0.2) is 53.5 Å². The molecule has 5 nitrogen and oxygen atoms in total. The zero-order chi connectivity index (χ0) is 22.1. The number of aryl methyl sites for hydroxylation is 1. The van der Waals surface area contributed by atoms with Crippen molar-refractivity contribution in [1.29, 1.82) is 0 Å². The van der Waals surface area contributed by atoms with Crippen molar-refractivity contribution in [2.45, 2.75) is 51.7 Å². The highest BCUT2D eigenvalue weighted by molar-refractivity contribution is 14.0. The Morgan fingerprint density at radius 2 is 1.84 bits per heavy atom. The molecule has 1 aliphatic rings. The Bertz CT molecular complexity index is 856. The predicted octanol–water partition coefficient (Wildman–Crippen LogP) is 4.71. The molecule has 176 valence electrons. The van der Waals surface area contributed by atoms with Crippen LogP contribution < -0.4 is 16.0 Å². The molecule has 2 aromatic carbocycles. The highest BCUT2D eigenvalue weighted by Crippen LogP contribution is 2.25. The first-order valence-electron chi connectivity index (χ1n) is 11.2. The lowest BCUT2D eigenvalue weighted by Gasteiger charge is -2.41. The van der Waals surface area contributed by atoms with Crippen LogP contribution >= 0.6 is 24.0 Å². The molecule has 2 aromatic rings. The summed E-state index contributed by atoms with van der Waals surface area (Å²) >= 11 is 0. The van der Waals surface area contributed by atoms with Gasteiger partial charge in [-0.3, -0.25) is 0 Å². The summed E-state index contributed by atoms with van der Waals surface area (Å²) in [4.78, 5) is 4.72. The van der Waals surface area contributed by atoms with E-state index in [1.807, 2.05) is 12.1 Å². The van der Waals surface area contributed by atoms with Gasteiger partial charge in [-0.1, -0.05) is 42.5 Å². The molecule has 32 heavy (non-hydrogen) atoms. The maximum Gasteiger partial charge on any atom is 0.191 e. The van der Waals surface area contributed by atoms with Crippen LogP contribution in [-0.4, -0.2) is 37.8 Å². The van der Waals surface area contributed by atoms with Gasteiger partial charge in [0.15, 0.2) is 5.96 Å². The van der Waals surface area contributed by atoms with Crippen LogP contribution in [0.2, 0.25) is 0 Å². The average molecular weight is 554 g/mol. The van der Waals surface area contributed by atoms with E-state index in [4.69, 9.17) is 9.73 Å². The van der Waals surface area contributed by atoms with Gasteiger partial charge in [0.05, 0.1) is 6.54 Å². The van der Waals surface area contributed by atoms with Crippen LogP contribution in [-0.2, 0) is 11.3 Å². The lowest BCUT2D eigenvalue weighted by molar-refractivity contribution is 0.0355. The summed E-state index contributed by atoms with van der Waals surface area (Å²) in [6.45, 7) is 9.57. The fraction of sp³-hybridized carbons (Fsp3) is 0.480. The van der Waals surface area contributed by atoms with Crippen molar-refractivity contribution < 1.29 is 9.13 Å². The maximum absolute atomic E-state index is 13.5. The van der Waals surface area contributed by atoms with Gasteiger partial charge in [-0.15, -0.1) is 24.0 Å². The van der Waals surface area contributed by atoms with Crippen molar-refractivity contribution in [2.75, 3.05) is 26.3 Å². The van der Waals surface area contributed by atoms with E-state index in [1.165, 1.54) is 11.6 Å². The van der Waals surface area contributed by atoms with Crippen molar-refractivity contribution in [3.05, 3.63) is 71.0 Å². The van der Waals surface area contributed by atoms with E-state index >= 15 is 0 Å². The van der Waals surface area contributed by atoms with Gasteiger partial charge in [-0.25, -0.2) is 9.38 Å². The Hall–Kier alpha value is -1.71. The molecule has 1 fully saturated rings. The number of hydrogen-bond acceptors (Lipinski definition) is 3. The monoisotopic (exact) mass is 554 g/mol. The first-order valence-corrected chi connectivity index (χ1v) is 11.2. The number of hydrogen-bond donors (Lipinski definition) is 3. The molecule has 0 amide bonds. The van der Waals surface area contributed by atoms with Gasteiger partial charge in [0, 0.05) is 37.9 Å². The second-order valence-electron chi connectivity index (χ2n) is 8.30. The quantitative estimate of drug-likeness (QED) is 0.252. The molecule has 0 spiro atoms. The average Bonchev–Trinajstić information content (AvgIpc) is 2.79. The number of nitrogens with one attached hydrogen (secondary N) is 3. The molecule has 3 N–H and O–H groups in total. The lowest BCUT2D eigenvalue weighted by Crippen LogP contribution is -2.58. The summed E-state index contributed by atoms with van der Waals surface area (Å²) < 4.78 is 19.2. The fourth-order valence-electron chi connectivity index (χ4n) is 3.99. The summed E-state index contributed by atoms with van der Waals surface area (Å²) in [7, 11) is 0. The van der Waals surface area contributed by atoms with Crippen LogP contribution in [0.3, 0.4) is 0 Å². The number of aliphatic imine (C=N–C) groups is 1. The van der Waals surface area contributed by atoms with E-state index in [-0.39, 0.29) is 41.4 Å².